The molecule has 0 aliphatic carbocycles. The van der Waals surface area contributed by atoms with E-state index in [1.807, 2.05) is 12.1 Å². The molecule has 3 aromatic rings. The van der Waals surface area contributed by atoms with Crippen LogP contribution in [0.2, 0.25) is 10.0 Å². The van der Waals surface area contributed by atoms with Crippen molar-refractivity contribution in [3.05, 3.63) is 87.9 Å². The molecular weight excluding hydrogens is 455 g/mol. The Bertz CT molecular complexity index is 1220. The van der Waals surface area contributed by atoms with Crippen molar-refractivity contribution < 1.29 is 13.2 Å². The lowest BCUT2D eigenvalue weighted by atomic mass is 9.87. The third-order valence-electron chi connectivity index (χ3n) is 4.61. The fraction of sp³-hybridized carbons (Fsp3) is 0.174. The third-order valence-corrected chi connectivity index (χ3v) is 6.79. The zero-order valence-corrected chi connectivity index (χ0v) is 19.6. The van der Waals surface area contributed by atoms with Crippen molar-refractivity contribution >= 4 is 50.5 Å². The lowest BCUT2D eigenvalue weighted by molar-refractivity contribution is 0.102. The highest BCUT2D eigenvalue weighted by Crippen LogP contribution is 2.29. The van der Waals surface area contributed by atoms with Crippen LogP contribution in [0.4, 0.5) is 11.4 Å². The molecule has 8 heteroatoms. The summed E-state index contributed by atoms with van der Waals surface area (Å²) in [5.41, 5.74) is 2.07. The number of carbonyl (C=O) groups excluding carboxylic acids is 1. The van der Waals surface area contributed by atoms with Gasteiger partial charge in [0.25, 0.3) is 15.9 Å². The molecule has 0 radical (unpaired) electrons. The Morgan fingerprint density at radius 1 is 0.871 bits per heavy atom. The van der Waals surface area contributed by atoms with Crippen LogP contribution in [0.5, 0.6) is 0 Å². The average Bonchev–Trinajstić information content (AvgIpc) is 2.70. The van der Waals surface area contributed by atoms with Gasteiger partial charge in [0.2, 0.25) is 0 Å². The van der Waals surface area contributed by atoms with Gasteiger partial charge in [0, 0.05) is 11.3 Å². The Hall–Kier alpha value is -2.54. The van der Waals surface area contributed by atoms with Gasteiger partial charge in [0.05, 0.1) is 15.7 Å². The fourth-order valence-electron chi connectivity index (χ4n) is 2.86. The molecule has 5 nitrogen and oxygen atoms in total. The summed E-state index contributed by atoms with van der Waals surface area (Å²) >= 11 is 12.2. The molecule has 0 bridgehead atoms. The molecule has 1 amide bonds. The third kappa shape index (κ3) is 5.58. The molecule has 2 N–H and O–H groups in total. The normalized spacial score (nSPS) is 11.8. The van der Waals surface area contributed by atoms with Crippen LogP contribution in [-0.2, 0) is 15.4 Å². The first-order chi connectivity index (χ1) is 14.5. The molecule has 0 aliphatic rings. The summed E-state index contributed by atoms with van der Waals surface area (Å²) in [6, 6.07) is 18.0. The minimum atomic E-state index is -4.03. The molecule has 0 atom stereocenters. The van der Waals surface area contributed by atoms with Gasteiger partial charge < -0.3 is 5.32 Å². The largest absolute Gasteiger partial charge is 0.322 e. The highest BCUT2D eigenvalue weighted by Gasteiger charge is 2.21. The van der Waals surface area contributed by atoms with Gasteiger partial charge in [0.1, 0.15) is 4.90 Å². The van der Waals surface area contributed by atoms with Crippen LogP contribution >= 0.6 is 23.2 Å². The SMILES string of the molecule is CC(C)(C)c1ccc(C(=O)Nc2ccc(Cl)c(S(=O)(=O)Nc3ccccc3Cl)c2)cc1. The smallest absolute Gasteiger partial charge is 0.263 e. The van der Waals surface area contributed by atoms with E-state index in [4.69, 9.17) is 23.2 Å². The number of halogens is 2. The second-order valence-electron chi connectivity index (χ2n) is 8.01. The van der Waals surface area contributed by atoms with Crippen LogP contribution in [0, 0.1) is 0 Å². The zero-order valence-electron chi connectivity index (χ0n) is 17.2. The quantitative estimate of drug-likeness (QED) is 0.450. The van der Waals surface area contributed by atoms with Crippen molar-refractivity contribution in [2.75, 3.05) is 10.0 Å². The Balaban J connectivity index is 1.84. The topological polar surface area (TPSA) is 75.3 Å². The van der Waals surface area contributed by atoms with Crippen molar-refractivity contribution in [1.29, 1.82) is 0 Å². The number of hydrogen-bond donors (Lipinski definition) is 2. The highest BCUT2D eigenvalue weighted by atomic mass is 35.5. The summed E-state index contributed by atoms with van der Waals surface area (Å²) in [5.74, 6) is -0.356. The van der Waals surface area contributed by atoms with Crippen molar-refractivity contribution in [2.45, 2.75) is 31.1 Å². The molecule has 3 aromatic carbocycles. The number of carbonyl (C=O) groups is 1. The number of amides is 1. The number of anilines is 2. The molecular formula is C23H22Cl2N2O3S. The Morgan fingerprint density at radius 3 is 2.13 bits per heavy atom. The van der Waals surface area contributed by atoms with Gasteiger partial charge in [-0.1, -0.05) is 68.2 Å². The number of rotatable bonds is 5. The minimum absolute atomic E-state index is 0.0204. The molecule has 3 rings (SSSR count). The second kappa shape index (κ2) is 8.91. The van der Waals surface area contributed by atoms with Gasteiger partial charge in [-0.2, -0.15) is 0 Å². The maximum Gasteiger partial charge on any atom is 0.263 e. The predicted octanol–water partition coefficient (Wildman–Crippen LogP) is 6.34. The monoisotopic (exact) mass is 476 g/mol. The van der Waals surface area contributed by atoms with Crippen LogP contribution < -0.4 is 10.0 Å². The standard InChI is InChI=1S/C23H22Cl2N2O3S/c1-23(2,3)16-10-8-15(9-11-16)22(28)26-17-12-13-19(25)21(14-17)31(29,30)27-20-7-5-4-6-18(20)24/h4-14,27H,1-3H3,(H,26,28). The number of hydrogen-bond acceptors (Lipinski definition) is 3. The number of para-hydroxylation sites is 1. The van der Waals surface area contributed by atoms with Crippen LogP contribution in [-0.4, -0.2) is 14.3 Å². The van der Waals surface area contributed by atoms with E-state index in [9.17, 15) is 13.2 Å². The molecule has 0 heterocycles. The Labute approximate surface area is 192 Å². The van der Waals surface area contributed by atoms with Gasteiger partial charge in [-0.3, -0.25) is 9.52 Å². The van der Waals surface area contributed by atoms with E-state index in [1.54, 1.807) is 36.4 Å². The lowest BCUT2D eigenvalue weighted by Crippen LogP contribution is -2.16. The average molecular weight is 477 g/mol. The van der Waals surface area contributed by atoms with Gasteiger partial charge in [-0.25, -0.2) is 8.42 Å². The van der Waals surface area contributed by atoms with Crippen LogP contribution in [0.25, 0.3) is 0 Å². The van der Waals surface area contributed by atoms with Crippen LogP contribution in [0.3, 0.4) is 0 Å². The molecule has 0 aliphatic heterocycles. The number of sulfonamides is 1. The van der Waals surface area contributed by atoms with Crippen molar-refractivity contribution in [1.82, 2.24) is 0 Å². The summed E-state index contributed by atoms with van der Waals surface area (Å²) in [6.45, 7) is 6.28. The first kappa shape index (κ1) is 23.1. The Kier molecular flexibility index (Phi) is 6.65. The van der Waals surface area contributed by atoms with Gasteiger partial charge in [-0.15, -0.1) is 0 Å². The summed E-state index contributed by atoms with van der Waals surface area (Å²) in [7, 11) is -4.03. The molecule has 0 fully saturated rings. The predicted molar refractivity (Wildman–Crippen MR) is 127 cm³/mol. The second-order valence-corrected chi connectivity index (χ2v) is 10.5. The van der Waals surface area contributed by atoms with E-state index in [-0.39, 0.29) is 32.0 Å². The van der Waals surface area contributed by atoms with Crippen molar-refractivity contribution in [3.8, 4) is 0 Å². The maximum absolute atomic E-state index is 12.8. The highest BCUT2D eigenvalue weighted by molar-refractivity contribution is 7.92. The molecule has 0 unspecified atom stereocenters. The van der Waals surface area contributed by atoms with E-state index in [0.29, 0.717) is 11.3 Å². The van der Waals surface area contributed by atoms with Crippen molar-refractivity contribution in [2.24, 2.45) is 0 Å². The maximum atomic E-state index is 12.8. The molecule has 162 valence electrons. The summed E-state index contributed by atoms with van der Waals surface area (Å²) < 4.78 is 28.1. The molecule has 0 aromatic heterocycles. The van der Waals surface area contributed by atoms with Gasteiger partial charge in [-0.05, 0) is 53.4 Å². The number of nitrogens with one attached hydrogen (secondary N) is 2. The summed E-state index contributed by atoms with van der Waals surface area (Å²) in [4.78, 5) is 12.5. The molecule has 31 heavy (non-hydrogen) atoms. The summed E-state index contributed by atoms with van der Waals surface area (Å²) in [6.07, 6.45) is 0. The lowest BCUT2D eigenvalue weighted by Gasteiger charge is -2.19. The van der Waals surface area contributed by atoms with Gasteiger partial charge >= 0.3 is 0 Å². The zero-order chi connectivity index (χ0) is 22.8. The van der Waals surface area contributed by atoms with E-state index in [2.05, 4.69) is 30.8 Å². The van der Waals surface area contributed by atoms with E-state index in [1.165, 1.54) is 18.2 Å². The Morgan fingerprint density at radius 2 is 1.52 bits per heavy atom. The first-order valence-corrected chi connectivity index (χ1v) is 11.7. The van der Waals surface area contributed by atoms with E-state index < -0.39 is 10.0 Å². The van der Waals surface area contributed by atoms with Gasteiger partial charge in [0.15, 0.2) is 0 Å². The first-order valence-electron chi connectivity index (χ1n) is 9.46. The molecule has 0 saturated carbocycles. The van der Waals surface area contributed by atoms with E-state index in [0.717, 1.165) is 5.56 Å². The minimum Gasteiger partial charge on any atom is -0.322 e. The van der Waals surface area contributed by atoms with Crippen LogP contribution in [0.1, 0.15) is 36.7 Å². The fourth-order valence-corrected chi connectivity index (χ4v) is 4.70. The van der Waals surface area contributed by atoms with Crippen LogP contribution in [0.15, 0.2) is 71.6 Å². The van der Waals surface area contributed by atoms with E-state index >= 15 is 0 Å². The number of benzene rings is 3. The molecule has 0 spiro atoms. The molecule has 0 saturated heterocycles. The van der Waals surface area contributed by atoms with Crippen molar-refractivity contribution in [3.63, 3.8) is 0 Å². The summed E-state index contributed by atoms with van der Waals surface area (Å²) in [5, 5.41) is 2.99.